The molecule has 0 aliphatic heterocycles. The minimum absolute atomic E-state index is 0.0371. The Labute approximate surface area is 144 Å². The summed E-state index contributed by atoms with van der Waals surface area (Å²) < 4.78 is 12.2. The van der Waals surface area contributed by atoms with Crippen LogP contribution in [-0.4, -0.2) is 18.6 Å². The van der Waals surface area contributed by atoms with Gasteiger partial charge in [0.25, 0.3) is 5.91 Å². The summed E-state index contributed by atoms with van der Waals surface area (Å²) in [6, 6.07) is 13.0. The second kappa shape index (κ2) is 8.02. The maximum absolute atomic E-state index is 12.1. The number of ether oxygens (including phenoxy) is 2. The van der Waals surface area contributed by atoms with Crippen LogP contribution in [0, 0.1) is 6.92 Å². The van der Waals surface area contributed by atoms with Gasteiger partial charge in [-0.25, -0.2) is 0 Å². The lowest BCUT2D eigenvalue weighted by molar-refractivity contribution is -0.118. The molecule has 0 saturated carbocycles. The average Bonchev–Trinajstić information content (AvgIpc) is 2.50. The first-order valence-corrected chi connectivity index (χ1v) is 8.19. The van der Waals surface area contributed by atoms with Crippen LogP contribution in [0.1, 0.15) is 19.4 Å². The van der Waals surface area contributed by atoms with E-state index in [0.29, 0.717) is 17.2 Å². The van der Waals surface area contributed by atoms with Crippen molar-refractivity contribution in [1.82, 2.24) is 0 Å². The molecule has 5 heteroatoms. The molecular weight excluding hydrogens is 358 g/mol. The molecule has 2 rings (SSSR count). The third kappa shape index (κ3) is 5.28. The van der Waals surface area contributed by atoms with Crippen molar-refractivity contribution in [2.24, 2.45) is 0 Å². The summed E-state index contributed by atoms with van der Waals surface area (Å²) in [7, 11) is 0. The Hall–Kier alpha value is -2.01. The smallest absolute Gasteiger partial charge is 0.262 e. The molecule has 2 aromatic rings. The molecule has 1 N–H and O–H groups in total. The van der Waals surface area contributed by atoms with Gasteiger partial charge in [0.05, 0.1) is 11.8 Å². The maximum atomic E-state index is 12.1. The maximum Gasteiger partial charge on any atom is 0.262 e. The summed E-state index contributed by atoms with van der Waals surface area (Å²) in [5.74, 6) is 1.08. The second-order valence-corrected chi connectivity index (χ2v) is 6.26. The zero-order valence-corrected chi connectivity index (χ0v) is 15.0. The second-order valence-electron chi connectivity index (χ2n) is 5.41. The van der Waals surface area contributed by atoms with Crippen LogP contribution in [0.15, 0.2) is 46.9 Å². The zero-order valence-electron chi connectivity index (χ0n) is 13.4. The van der Waals surface area contributed by atoms with E-state index < -0.39 is 0 Å². The van der Waals surface area contributed by atoms with Crippen molar-refractivity contribution >= 4 is 27.5 Å². The summed E-state index contributed by atoms with van der Waals surface area (Å²) in [5.41, 5.74) is 1.69. The lowest BCUT2D eigenvalue weighted by Gasteiger charge is -2.15. The Morgan fingerprint density at radius 2 is 1.96 bits per heavy atom. The number of halogens is 1. The van der Waals surface area contributed by atoms with Crippen molar-refractivity contribution in [3.63, 3.8) is 0 Å². The number of anilines is 1. The van der Waals surface area contributed by atoms with Gasteiger partial charge in [-0.05, 0) is 56.7 Å². The van der Waals surface area contributed by atoms with E-state index in [0.717, 1.165) is 10.0 Å². The van der Waals surface area contributed by atoms with Crippen molar-refractivity contribution in [3.05, 3.63) is 52.5 Å². The normalized spacial score (nSPS) is 10.5. The highest BCUT2D eigenvalue weighted by Crippen LogP contribution is 2.25. The van der Waals surface area contributed by atoms with Gasteiger partial charge < -0.3 is 14.8 Å². The molecule has 4 nitrogen and oxygen atoms in total. The van der Waals surface area contributed by atoms with Crippen LogP contribution in [0.2, 0.25) is 0 Å². The lowest BCUT2D eigenvalue weighted by atomic mass is 10.2. The molecule has 0 radical (unpaired) electrons. The van der Waals surface area contributed by atoms with Gasteiger partial charge in [0.2, 0.25) is 0 Å². The standard InChI is InChI=1S/C18H20BrNO3/c1-12(2)23-17-7-5-4-6-16(17)20-18(21)11-22-14-8-9-15(19)13(3)10-14/h4-10,12H,11H2,1-3H3,(H,20,21). The highest BCUT2D eigenvalue weighted by Gasteiger charge is 2.09. The van der Waals surface area contributed by atoms with Gasteiger partial charge in [-0.15, -0.1) is 0 Å². The van der Waals surface area contributed by atoms with Gasteiger partial charge in [0.15, 0.2) is 6.61 Å². The minimum atomic E-state index is -0.231. The number of amides is 1. The van der Waals surface area contributed by atoms with Crippen LogP contribution in [0.25, 0.3) is 0 Å². The molecule has 0 aliphatic rings. The Morgan fingerprint density at radius 1 is 1.22 bits per heavy atom. The fourth-order valence-electron chi connectivity index (χ4n) is 1.97. The van der Waals surface area contributed by atoms with E-state index in [1.165, 1.54) is 0 Å². The van der Waals surface area contributed by atoms with Crippen LogP contribution >= 0.6 is 15.9 Å². The van der Waals surface area contributed by atoms with Gasteiger partial charge in [-0.2, -0.15) is 0 Å². The molecule has 2 aromatic carbocycles. The minimum Gasteiger partial charge on any atom is -0.489 e. The lowest BCUT2D eigenvalue weighted by Crippen LogP contribution is -2.21. The number of aryl methyl sites for hydroxylation is 1. The van der Waals surface area contributed by atoms with Crippen LogP contribution in [-0.2, 0) is 4.79 Å². The van der Waals surface area contributed by atoms with E-state index in [4.69, 9.17) is 9.47 Å². The molecule has 0 spiro atoms. The van der Waals surface area contributed by atoms with Gasteiger partial charge in [0.1, 0.15) is 11.5 Å². The largest absolute Gasteiger partial charge is 0.489 e. The van der Waals surface area contributed by atoms with E-state index >= 15 is 0 Å². The number of hydrogen-bond acceptors (Lipinski definition) is 3. The quantitative estimate of drug-likeness (QED) is 0.802. The molecule has 0 bridgehead atoms. The number of carbonyl (C=O) groups is 1. The van der Waals surface area contributed by atoms with Crippen LogP contribution in [0.4, 0.5) is 5.69 Å². The molecule has 0 saturated heterocycles. The highest BCUT2D eigenvalue weighted by atomic mass is 79.9. The van der Waals surface area contributed by atoms with Crippen molar-refractivity contribution in [1.29, 1.82) is 0 Å². The van der Waals surface area contributed by atoms with Gasteiger partial charge in [-0.3, -0.25) is 4.79 Å². The predicted octanol–water partition coefficient (Wildman–Crippen LogP) is 4.56. The summed E-state index contributed by atoms with van der Waals surface area (Å²) >= 11 is 3.43. The summed E-state index contributed by atoms with van der Waals surface area (Å²) in [6.45, 7) is 5.79. The van der Waals surface area contributed by atoms with Crippen LogP contribution in [0.5, 0.6) is 11.5 Å². The molecule has 0 heterocycles. The molecule has 0 aromatic heterocycles. The Balaban J connectivity index is 1.96. The van der Waals surface area contributed by atoms with E-state index in [1.54, 1.807) is 6.07 Å². The van der Waals surface area contributed by atoms with Crippen molar-refractivity contribution in [2.75, 3.05) is 11.9 Å². The number of benzene rings is 2. The first-order valence-electron chi connectivity index (χ1n) is 7.40. The molecule has 0 atom stereocenters. The average molecular weight is 378 g/mol. The molecule has 122 valence electrons. The molecule has 23 heavy (non-hydrogen) atoms. The van der Waals surface area contributed by atoms with Crippen molar-refractivity contribution in [3.8, 4) is 11.5 Å². The Kier molecular flexibility index (Phi) is 6.04. The van der Waals surface area contributed by atoms with Gasteiger partial charge in [0, 0.05) is 4.47 Å². The number of carbonyl (C=O) groups excluding carboxylic acids is 1. The third-order valence-corrected chi connectivity index (χ3v) is 3.91. The van der Waals surface area contributed by atoms with Crippen molar-refractivity contribution in [2.45, 2.75) is 26.9 Å². The summed E-state index contributed by atoms with van der Waals surface area (Å²) in [6.07, 6.45) is 0.0371. The summed E-state index contributed by atoms with van der Waals surface area (Å²) in [5, 5.41) is 2.81. The van der Waals surface area contributed by atoms with Gasteiger partial charge >= 0.3 is 0 Å². The first-order chi connectivity index (χ1) is 11.0. The van der Waals surface area contributed by atoms with Crippen molar-refractivity contribution < 1.29 is 14.3 Å². The molecular formula is C18H20BrNO3. The first kappa shape index (κ1) is 17.3. The van der Waals surface area contributed by atoms with Crippen LogP contribution in [0.3, 0.4) is 0 Å². The predicted molar refractivity (Wildman–Crippen MR) is 95.2 cm³/mol. The monoisotopic (exact) mass is 377 g/mol. The third-order valence-electron chi connectivity index (χ3n) is 3.02. The molecule has 0 unspecified atom stereocenters. The number of nitrogens with one attached hydrogen (secondary N) is 1. The van der Waals surface area contributed by atoms with E-state index in [2.05, 4.69) is 21.2 Å². The number of rotatable bonds is 6. The fourth-order valence-corrected chi connectivity index (χ4v) is 2.22. The van der Waals surface area contributed by atoms with E-state index in [-0.39, 0.29) is 18.6 Å². The molecule has 0 fully saturated rings. The topological polar surface area (TPSA) is 47.6 Å². The number of hydrogen-bond donors (Lipinski definition) is 1. The Bertz CT molecular complexity index is 686. The zero-order chi connectivity index (χ0) is 16.8. The molecule has 0 aliphatic carbocycles. The van der Waals surface area contributed by atoms with Gasteiger partial charge in [-0.1, -0.05) is 28.1 Å². The van der Waals surface area contributed by atoms with E-state index in [1.807, 2.05) is 57.2 Å². The fraction of sp³-hybridized carbons (Fsp3) is 0.278. The highest BCUT2D eigenvalue weighted by molar-refractivity contribution is 9.10. The number of para-hydroxylation sites is 2. The molecule has 1 amide bonds. The SMILES string of the molecule is Cc1cc(OCC(=O)Nc2ccccc2OC(C)C)ccc1Br. The summed E-state index contributed by atoms with van der Waals surface area (Å²) in [4.78, 5) is 12.1. The Morgan fingerprint density at radius 3 is 2.65 bits per heavy atom. The van der Waals surface area contributed by atoms with Crippen LogP contribution < -0.4 is 14.8 Å². The van der Waals surface area contributed by atoms with E-state index in [9.17, 15) is 4.79 Å².